The number of anilines is 1. The van der Waals surface area contributed by atoms with Crippen LogP contribution in [0.15, 0.2) is 48.7 Å². The molecule has 1 aliphatic heterocycles. The molecule has 0 aliphatic carbocycles. The molecule has 3 heterocycles. The summed E-state index contributed by atoms with van der Waals surface area (Å²) in [6.45, 7) is 5.44. The van der Waals surface area contributed by atoms with Gasteiger partial charge in [0.2, 0.25) is 5.91 Å². The largest absolute Gasteiger partial charge is 0.340 e. The molecule has 32 heavy (non-hydrogen) atoms. The molecule has 4 rings (SSSR count). The van der Waals surface area contributed by atoms with Gasteiger partial charge in [-0.3, -0.25) is 19.3 Å². The highest BCUT2D eigenvalue weighted by atomic mass is 19.1. The first-order valence-electron chi connectivity index (χ1n) is 10.7. The van der Waals surface area contributed by atoms with Crippen molar-refractivity contribution in [3.05, 3.63) is 77.1 Å². The van der Waals surface area contributed by atoms with Gasteiger partial charge >= 0.3 is 0 Å². The monoisotopic (exact) mass is 435 g/mol. The number of pyridine rings is 1. The van der Waals surface area contributed by atoms with E-state index in [-0.39, 0.29) is 30.1 Å². The number of hydrogen-bond acceptors (Lipinski definition) is 4. The van der Waals surface area contributed by atoms with Crippen molar-refractivity contribution in [1.29, 1.82) is 0 Å². The number of nitrogens with one attached hydrogen (secondary N) is 1. The molecular weight excluding hydrogens is 409 g/mol. The van der Waals surface area contributed by atoms with E-state index in [0.29, 0.717) is 17.8 Å². The second kappa shape index (κ2) is 9.30. The number of hydrogen-bond donors (Lipinski definition) is 1. The van der Waals surface area contributed by atoms with Crippen molar-refractivity contribution in [3.8, 4) is 0 Å². The van der Waals surface area contributed by atoms with E-state index >= 15 is 0 Å². The molecule has 1 aromatic carbocycles. The van der Waals surface area contributed by atoms with Gasteiger partial charge in [0.25, 0.3) is 5.91 Å². The molecule has 0 saturated carbocycles. The summed E-state index contributed by atoms with van der Waals surface area (Å²) in [6.07, 6.45) is 3.39. The number of carbonyl (C=O) groups excluding carboxylic acids is 2. The lowest BCUT2D eigenvalue weighted by molar-refractivity contribution is -0.133. The molecule has 1 saturated heterocycles. The highest BCUT2D eigenvalue weighted by Gasteiger charge is 2.26. The van der Waals surface area contributed by atoms with E-state index in [1.807, 2.05) is 30.9 Å². The Morgan fingerprint density at radius 2 is 1.94 bits per heavy atom. The minimum absolute atomic E-state index is 0.0520. The SMILES string of the molecule is Cc1cc(C)n(CC(=O)N2CCC[C@H](c3ccc(C(=O)Nc4ccc(F)cc4)cn3)C2)n1. The Kier molecular flexibility index (Phi) is 6.30. The van der Waals surface area contributed by atoms with Gasteiger partial charge in [0.15, 0.2) is 0 Å². The predicted molar refractivity (Wildman–Crippen MR) is 119 cm³/mol. The fourth-order valence-electron chi connectivity index (χ4n) is 4.03. The third-order valence-electron chi connectivity index (χ3n) is 5.73. The first kappa shape index (κ1) is 21.7. The number of aromatic nitrogens is 3. The summed E-state index contributed by atoms with van der Waals surface area (Å²) < 4.78 is 14.8. The molecule has 0 radical (unpaired) electrons. The highest BCUT2D eigenvalue weighted by molar-refractivity contribution is 6.04. The molecule has 0 unspecified atom stereocenters. The molecular formula is C24H26FN5O2. The molecule has 8 heteroatoms. The van der Waals surface area contributed by atoms with E-state index < -0.39 is 0 Å². The van der Waals surface area contributed by atoms with Gasteiger partial charge in [-0.25, -0.2) is 4.39 Å². The van der Waals surface area contributed by atoms with Gasteiger partial charge in [0, 0.05) is 42.3 Å². The molecule has 1 fully saturated rings. The lowest BCUT2D eigenvalue weighted by Gasteiger charge is -2.32. The third kappa shape index (κ3) is 5.01. The molecule has 2 aromatic heterocycles. The topological polar surface area (TPSA) is 80.1 Å². The predicted octanol–water partition coefficient (Wildman–Crippen LogP) is 3.69. The Balaban J connectivity index is 1.37. The van der Waals surface area contributed by atoms with Crippen molar-refractivity contribution in [3.63, 3.8) is 0 Å². The van der Waals surface area contributed by atoms with Crippen molar-refractivity contribution in [2.75, 3.05) is 18.4 Å². The van der Waals surface area contributed by atoms with Crippen LogP contribution in [-0.2, 0) is 11.3 Å². The average molecular weight is 436 g/mol. The third-order valence-corrected chi connectivity index (χ3v) is 5.73. The van der Waals surface area contributed by atoms with Crippen molar-refractivity contribution in [1.82, 2.24) is 19.7 Å². The van der Waals surface area contributed by atoms with Crippen LogP contribution in [0, 0.1) is 19.7 Å². The second-order valence-electron chi connectivity index (χ2n) is 8.20. The molecule has 1 N–H and O–H groups in total. The minimum atomic E-state index is -0.358. The van der Waals surface area contributed by atoms with Crippen LogP contribution in [0.2, 0.25) is 0 Å². The van der Waals surface area contributed by atoms with E-state index in [0.717, 1.165) is 36.5 Å². The second-order valence-corrected chi connectivity index (χ2v) is 8.20. The van der Waals surface area contributed by atoms with Crippen LogP contribution < -0.4 is 5.32 Å². The van der Waals surface area contributed by atoms with Crippen molar-refractivity contribution >= 4 is 17.5 Å². The highest BCUT2D eigenvalue weighted by Crippen LogP contribution is 2.26. The Labute approximate surface area is 186 Å². The fourth-order valence-corrected chi connectivity index (χ4v) is 4.03. The quantitative estimate of drug-likeness (QED) is 0.663. The van der Waals surface area contributed by atoms with Crippen molar-refractivity contribution in [2.24, 2.45) is 0 Å². The lowest BCUT2D eigenvalue weighted by atomic mass is 9.94. The number of likely N-dealkylation sites (tertiary alicyclic amines) is 1. The first-order valence-corrected chi connectivity index (χ1v) is 10.7. The van der Waals surface area contributed by atoms with Crippen LogP contribution in [0.3, 0.4) is 0 Å². The van der Waals surface area contributed by atoms with E-state index in [4.69, 9.17) is 0 Å². The first-order chi connectivity index (χ1) is 15.4. The molecule has 7 nitrogen and oxygen atoms in total. The number of benzene rings is 1. The Hall–Kier alpha value is -3.55. The van der Waals surface area contributed by atoms with Gasteiger partial charge in [0.1, 0.15) is 12.4 Å². The number of rotatable bonds is 5. The number of nitrogens with zero attached hydrogens (tertiary/aromatic N) is 4. The maximum Gasteiger partial charge on any atom is 0.257 e. The normalized spacial score (nSPS) is 16.1. The maximum atomic E-state index is 13.0. The van der Waals surface area contributed by atoms with E-state index in [1.54, 1.807) is 16.9 Å². The number of carbonyl (C=O) groups is 2. The summed E-state index contributed by atoms with van der Waals surface area (Å²) in [7, 11) is 0. The fraction of sp³-hybridized carbons (Fsp3) is 0.333. The van der Waals surface area contributed by atoms with Gasteiger partial charge in [-0.15, -0.1) is 0 Å². The van der Waals surface area contributed by atoms with Crippen molar-refractivity contribution in [2.45, 2.75) is 39.2 Å². The molecule has 1 atom stereocenters. The van der Waals surface area contributed by atoms with Gasteiger partial charge in [0.05, 0.1) is 11.3 Å². The Morgan fingerprint density at radius 1 is 1.16 bits per heavy atom. The van der Waals surface area contributed by atoms with Crippen LogP contribution >= 0.6 is 0 Å². The van der Waals surface area contributed by atoms with Crippen LogP contribution in [0.25, 0.3) is 0 Å². The molecule has 2 amide bonds. The van der Waals surface area contributed by atoms with Crippen LogP contribution in [-0.4, -0.2) is 44.6 Å². The number of amides is 2. The Morgan fingerprint density at radius 3 is 2.59 bits per heavy atom. The summed E-state index contributed by atoms with van der Waals surface area (Å²) in [4.78, 5) is 31.6. The summed E-state index contributed by atoms with van der Waals surface area (Å²) in [5.74, 6) is -0.483. The molecule has 3 aromatic rings. The van der Waals surface area contributed by atoms with E-state index in [2.05, 4.69) is 15.4 Å². The van der Waals surface area contributed by atoms with Gasteiger partial charge in [-0.05, 0) is 69.2 Å². The minimum Gasteiger partial charge on any atom is -0.340 e. The molecule has 0 bridgehead atoms. The number of halogens is 1. The summed E-state index contributed by atoms with van der Waals surface area (Å²) in [5, 5.41) is 7.11. The van der Waals surface area contributed by atoms with Crippen LogP contribution in [0.5, 0.6) is 0 Å². The summed E-state index contributed by atoms with van der Waals surface area (Å²) in [6, 6.07) is 11.1. The summed E-state index contributed by atoms with van der Waals surface area (Å²) >= 11 is 0. The standard InChI is InChI=1S/C24H26FN5O2/c1-16-12-17(2)30(28-16)15-23(31)29-11-3-4-19(14-29)22-10-5-18(13-26-22)24(32)27-21-8-6-20(25)7-9-21/h5-10,12-13,19H,3-4,11,14-15H2,1-2H3,(H,27,32)/t19-/m0/s1. The smallest absolute Gasteiger partial charge is 0.257 e. The number of aryl methyl sites for hydroxylation is 2. The lowest BCUT2D eigenvalue weighted by Crippen LogP contribution is -2.41. The zero-order valence-corrected chi connectivity index (χ0v) is 18.2. The van der Waals surface area contributed by atoms with Crippen LogP contribution in [0.1, 0.15) is 46.2 Å². The molecule has 0 spiro atoms. The van der Waals surface area contributed by atoms with Gasteiger partial charge in [-0.2, -0.15) is 5.10 Å². The van der Waals surface area contributed by atoms with E-state index in [9.17, 15) is 14.0 Å². The number of piperidine rings is 1. The van der Waals surface area contributed by atoms with Crippen LogP contribution in [0.4, 0.5) is 10.1 Å². The van der Waals surface area contributed by atoms with Gasteiger partial charge < -0.3 is 10.2 Å². The Bertz CT molecular complexity index is 1110. The van der Waals surface area contributed by atoms with E-state index in [1.165, 1.54) is 24.3 Å². The average Bonchev–Trinajstić information content (AvgIpc) is 3.12. The zero-order chi connectivity index (χ0) is 22.7. The van der Waals surface area contributed by atoms with Crippen molar-refractivity contribution < 1.29 is 14.0 Å². The zero-order valence-electron chi connectivity index (χ0n) is 18.2. The molecule has 1 aliphatic rings. The molecule has 166 valence electrons. The summed E-state index contributed by atoms with van der Waals surface area (Å²) in [5.41, 5.74) is 3.68. The van der Waals surface area contributed by atoms with Gasteiger partial charge in [-0.1, -0.05) is 0 Å². The maximum absolute atomic E-state index is 13.0.